The van der Waals surface area contributed by atoms with Crippen molar-refractivity contribution in [1.82, 2.24) is 9.63 Å². The quantitative estimate of drug-likeness (QED) is 0.610. The number of fused-ring (bicyclic) bond motifs is 2. The third-order valence-electron chi connectivity index (χ3n) is 5.42. The number of para-hydroxylation sites is 1. The monoisotopic (exact) mass is 426 g/mol. The molecule has 0 fully saturated rings. The number of nitrogens with zero attached hydrogens (tertiary/aromatic N) is 3. The molecule has 0 radical (unpaired) electrons. The number of aromatic nitrogens is 1. The number of aryl methyl sites for hydroxylation is 1. The fourth-order valence-electron chi connectivity index (χ4n) is 3.83. The Morgan fingerprint density at radius 2 is 1.91 bits per heavy atom. The van der Waals surface area contributed by atoms with Crippen molar-refractivity contribution in [1.29, 1.82) is 5.41 Å². The van der Waals surface area contributed by atoms with Gasteiger partial charge in [-0.25, -0.2) is 0 Å². The standard InChI is InChI=1S/C25H22N4O3/c1-16-7-9-19(10-8-16)31-12-11-28-15-18(20-5-3-4-6-22(20)28)14-21-24(26)29-23(27-25(21)30)13-17(2)32-29/h3-10,13-15,26H,11-12H2,1-2H3/b21-14+,26-24?. The fraction of sp³-hybridized carbons (Fsp3) is 0.160. The molecule has 7 nitrogen and oxygen atoms in total. The van der Waals surface area contributed by atoms with Crippen LogP contribution in [-0.2, 0) is 16.2 Å². The minimum Gasteiger partial charge on any atom is -0.492 e. The van der Waals surface area contributed by atoms with E-state index in [2.05, 4.69) is 9.56 Å². The van der Waals surface area contributed by atoms with Crippen LogP contribution >= 0.6 is 0 Å². The highest BCUT2D eigenvalue weighted by molar-refractivity contribution is 6.32. The second-order valence-electron chi connectivity index (χ2n) is 7.78. The van der Waals surface area contributed by atoms with E-state index in [0.717, 1.165) is 22.2 Å². The van der Waals surface area contributed by atoms with Gasteiger partial charge in [0.1, 0.15) is 18.1 Å². The summed E-state index contributed by atoms with van der Waals surface area (Å²) in [5.41, 5.74) is 3.25. The zero-order valence-electron chi connectivity index (χ0n) is 17.8. The summed E-state index contributed by atoms with van der Waals surface area (Å²) < 4.78 is 7.99. The summed E-state index contributed by atoms with van der Waals surface area (Å²) in [7, 11) is 0. The van der Waals surface area contributed by atoms with Gasteiger partial charge in [-0.15, -0.1) is 5.06 Å². The van der Waals surface area contributed by atoms with E-state index in [4.69, 9.17) is 15.0 Å². The molecule has 0 aliphatic carbocycles. The smallest absolute Gasteiger partial charge is 0.282 e. The van der Waals surface area contributed by atoms with Crippen LogP contribution in [0.5, 0.6) is 5.75 Å². The molecule has 3 heterocycles. The number of nitrogens with one attached hydrogen (secondary N) is 1. The van der Waals surface area contributed by atoms with E-state index in [-0.39, 0.29) is 11.4 Å². The summed E-state index contributed by atoms with van der Waals surface area (Å²) in [4.78, 5) is 22.2. The molecule has 0 bridgehead atoms. The van der Waals surface area contributed by atoms with Crippen molar-refractivity contribution in [2.45, 2.75) is 20.4 Å². The SMILES string of the molecule is CC1=CC2=NC(=O)/C(=C/c3cn(CCOc4ccc(C)cc4)c4ccccc34)C(=N)N2O1. The highest BCUT2D eigenvalue weighted by Crippen LogP contribution is 2.27. The Bertz CT molecular complexity index is 1330. The first-order valence-corrected chi connectivity index (χ1v) is 10.4. The van der Waals surface area contributed by atoms with E-state index in [1.807, 2.05) is 61.7 Å². The summed E-state index contributed by atoms with van der Waals surface area (Å²) >= 11 is 0. The summed E-state index contributed by atoms with van der Waals surface area (Å²) in [5, 5.41) is 10.7. The van der Waals surface area contributed by atoms with E-state index in [1.165, 1.54) is 10.6 Å². The Morgan fingerprint density at radius 1 is 1.12 bits per heavy atom. The Kier molecular flexibility index (Phi) is 4.86. The number of ether oxygens (including phenoxy) is 1. The van der Waals surface area contributed by atoms with Gasteiger partial charge in [0.25, 0.3) is 5.91 Å². The van der Waals surface area contributed by atoms with Gasteiger partial charge >= 0.3 is 0 Å². The minimum absolute atomic E-state index is 0.0207. The number of carbonyl (C=O) groups is 1. The first-order chi connectivity index (χ1) is 15.5. The maximum Gasteiger partial charge on any atom is 0.282 e. The maximum absolute atomic E-state index is 12.6. The van der Waals surface area contributed by atoms with E-state index < -0.39 is 5.91 Å². The van der Waals surface area contributed by atoms with Gasteiger partial charge in [-0.3, -0.25) is 10.2 Å². The number of hydroxylamine groups is 2. The molecule has 2 aliphatic heterocycles. The predicted octanol–water partition coefficient (Wildman–Crippen LogP) is 4.48. The number of allylic oxidation sites excluding steroid dienone is 1. The van der Waals surface area contributed by atoms with Crippen LogP contribution in [0.25, 0.3) is 17.0 Å². The number of hydrogen-bond acceptors (Lipinski definition) is 4. The van der Waals surface area contributed by atoms with Crippen LogP contribution in [0.3, 0.4) is 0 Å². The molecule has 2 aliphatic rings. The van der Waals surface area contributed by atoms with Crippen LogP contribution < -0.4 is 4.74 Å². The molecule has 0 saturated heterocycles. The number of amides is 1. The predicted molar refractivity (Wildman–Crippen MR) is 123 cm³/mol. The summed E-state index contributed by atoms with van der Waals surface area (Å²) in [6.45, 7) is 4.95. The lowest BCUT2D eigenvalue weighted by Gasteiger charge is -2.22. The van der Waals surface area contributed by atoms with Crippen molar-refractivity contribution in [3.8, 4) is 5.75 Å². The maximum atomic E-state index is 12.6. The zero-order chi connectivity index (χ0) is 22.2. The number of carbonyl (C=O) groups excluding carboxylic acids is 1. The molecule has 2 aromatic carbocycles. The number of aliphatic imine (C=N–C) groups is 1. The average molecular weight is 426 g/mol. The lowest BCUT2D eigenvalue weighted by atomic mass is 10.1. The molecule has 0 unspecified atom stereocenters. The van der Waals surface area contributed by atoms with Gasteiger partial charge in [0.15, 0.2) is 11.7 Å². The Balaban J connectivity index is 1.42. The number of hydrogen-bond donors (Lipinski definition) is 1. The van der Waals surface area contributed by atoms with Crippen molar-refractivity contribution >= 4 is 34.6 Å². The van der Waals surface area contributed by atoms with Gasteiger partial charge < -0.3 is 14.1 Å². The molecule has 3 aromatic rings. The van der Waals surface area contributed by atoms with Crippen LogP contribution in [0, 0.1) is 12.3 Å². The van der Waals surface area contributed by atoms with Crippen molar-refractivity contribution in [3.63, 3.8) is 0 Å². The number of rotatable bonds is 5. The molecule has 7 heteroatoms. The summed E-state index contributed by atoms with van der Waals surface area (Å²) in [6.07, 6.45) is 5.33. The molecule has 5 rings (SSSR count). The topological polar surface area (TPSA) is 79.9 Å². The number of amidine groups is 2. The third-order valence-corrected chi connectivity index (χ3v) is 5.42. The normalized spacial score (nSPS) is 16.8. The first-order valence-electron chi connectivity index (χ1n) is 10.4. The Labute approximate surface area is 185 Å². The molecule has 1 aromatic heterocycles. The number of benzene rings is 2. The van der Waals surface area contributed by atoms with Crippen LogP contribution in [0.2, 0.25) is 0 Å². The molecular formula is C25H22N4O3. The average Bonchev–Trinajstić information content (AvgIpc) is 3.33. The molecular weight excluding hydrogens is 404 g/mol. The van der Waals surface area contributed by atoms with Crippen LogP contribution in [-0.4, -0.2) is 33.8 Å². The zero-order valence-corrected chi connectivity index (χ0v) is 17.8. The van der Waals surface area contributed by atoms with Crippen molar-refractivity contribution in [3.05, 3.63) is 83.3 Å². The van der Waals surface area contributed by atoms with Crippen LogP contribution in [0.15, 0.2) is 77.1 Å². The van der Waals surface area contributed by atoms with Crippen molar-refractivity contribution in [2.24, 2.45) is 4.99 Å². The van der Waals surface area contributed by atoms with Gasteiger partial charge in [0.2, 0.25) is 0 Å². The molecule has 1 N–H and O–H groups in total. The molecule has 0 saturated carbocycles. The van der Waals surface area contributed by atoms with Crippen LogP contribution in [0.1, 0.15) is 18.1 Å². The van der Waals surface area contributed by atoms with Gasteiger partial charge in [0.05, 0.1) is 12.1 Å². The van der Waals surface area contributed by atoms with Gasteiger partial charge in [-0.2, -0.15) is 4.99 Å². The van der Waals surface area contributed by atoms with Crippen LogP contribution in [0.4, 0.5) is 0 Å². The van der Waals surface area contributed by atoms with E-state index in [1.54, 1.807) is 19.1 Å². The van der Waals surface area contributed by atoms with Gasteiger partial charge in [-0.05, 0) is 38.1 Å². The molecule has 0 atom stereocenters. The Hall–Kier alpha value is -4.13. The van der Waals surface area contributed by atoms with Crippen molar-refractivity contribution in [2.75, 3.05) is 6.61 Å². The third kappa shape index (κ3) is 3.58. The lowest BCUT2D eigenvalue weighted by Crippen LogP contribution is -2.38. The largest absolute Gasteiger partial charge is 0.492 e. The van der Waals surface area contributed by atoms with E-state index >= 15 is 0 Å². The summed E-state index contributed by atoms with van der Waals surface area (Å²) in [5.74, 6) is 1.29. The van der Waals surface area contributed by atoms with Gasteiger partial charge in [-0.1, -0.05) is 35.9 Å². The molecule has 0 spiro atoms. The lowest BCUT2D eigenvalue weighted by molar-refractivity contribution is -0.114. The molecule has 1 amide bonds. The highest BCUT2D eigenvalue weighted by Gasteiger charge is 2.34. The van der Waals surface area contributed by atoms with E-state index in [0.29, 0.717) is 24.7 Å². The second kappa shape index (κ2) is 7.85. The van der Waals surface area contributed by atoms with Gasteiger partial charge in [0, 0.05) is 28.7 Å². The summed E-state index contributed by atoms with van der Waals surface area (Å²) in [6, 6.07) is 15.9. The minimum atomic E-state index is -0.449. The molecule has 160 valence electrons. The van der Waals surface area contributed by atoms with E-state index in [9.17, 15) is 4.79 Å². The van der Waals surface area contributed by atoms with Crippen molar-refractivity contribution < 1.29 is 14.4 Å². The fourth-order valence-corrected chi connectivity index (χ4v) is 3.83. The highest BCUT2D eigenvalue weighted by atomic mass is 16.7. The molecule has 32 heavy (non-hydrogen) atoms. The first kappa shape index (κ1) is 19.8. The second-order valence-corrected chi connectivity index (χ2v) is 7.78. The Morgan fingerprint density at radius 3 is 2.72 bits per heavy atom.